The molecular formula is C43H41N5O2. The van der Waals surface area contributed by atoms with Gasteiger partial charge in [0.05, 0.1) is 46.9 Å². The maximum absolute atomic E-state index is 8.97. The van der Waals surface area contributed by atoms with Crippen LogP contribution in [0.4, 0.5) is 0 Å². The molecule has 0 bridgehead atoms. The van der Waals surface area contributed by atoms with Gasteiger partial charge in [-0.1, -0.05) is 69.2 Å². The number of pyridine rings is 2. The molecule has 0 unspecified atom stereocenters. The van der Waals surface area contributed by atoms with Gasteiger partial charge >= 0.3 is 0 Å². The van der Waals surface area contributed by atoms with Gasteiger partial charge in [-0.05, 0) is 96.8 Å². The zero-order chi connectivity index (χ0) is 34.0. The number of benzene rings is 4. The van der Waals surface area contributed by atoms with Crippen LogP contribution in [0.3, 0.4) is 0 Å². The van der Waals surface area contributed by atoms with Crippen LogP contribution in [0.1, 0.15) is 63.4 Å². The third-order valence-corrected chi connectivity index (χ3v) is 9.22. The second kappa shape index (κ2) is 16.1. The fourth-order valence-electron chi connectivity index (χ4n) is 6.49. The molecule has 1 N–H and O–H groups in total. The predicted octanol–water partition coefficient (Wildman–Crippen LogP) is 10.8. The van der Waals surface area contributed by atoms with Crippen molar-refractivity contribution in [3.05, 3.63) is 115 Å². The molecule has 0 fully saturated rings. The van der Waals surface area contributed by atoms with Gasteiger partial charge in [-0.2, -0.15) is 5.26 Å². The molecule has 4 aromatic carbocycles. The Kier molecular flexibility index (Phi) is 10.6. The summed E-state index contributed by atoms with van der Waals surface area (Å²) in [6, 6.07) is 34.2. The fourth-order valence-corrected chi connectivity index (χ4v) is 6.49. The lowest BCUT2D eigenvalue weighted by molar-refractivity contribution is 0.302. The highest BCUT2D eigenvalue weighted by molar-refractivity contribution is 6.21. The maximum Gasteiger partial charge on any atom is 0.138 e. The third kappa shape index (κ3) is 7.76. The minimum atomic E-state index is 0.676. The number of aromatic nitrogens is 4. The molecule has 0 aliphatic carbocycles. The van der Waals surface area contributed by atoms with Crippen molar-refractivity contribution < 1.29 is 9.47 Å². The van der Waals surface area contributed by atoms with Gasteiger partial charge < -0.3 is 14.5 Å². The normalized spacial score (nSPS) is 11.3. The summed E-state index contributed by atoms with van der Waals surface area (Å²) in [4.78, 5) is 17.7. The number of nitrogens with one attached hydrogen (secondary N) is 1. The van der Waals surface area contributed by atoms with Crippen molar-refractivity contribution in [1.29, 1.82) is 5.26 Å². The van der Waals surface area contributed by atoms with Crippen molar-refractivity contribution in [3.63, 3.8) is 0 Å². The fraction of sp³-hybridized carbons (Fsp3) is 0.256. The van der Waals surface area contributed by atoms with Crippen LogP contribution >= 0.6 is 0 Å². The van der Waals surface area contributed by atoms with Crippen LogP contribution in [0.25, 0.3) is 55.4 Å². The summed E-state index contributed by atoms with van der Waals surface area (Å²) in [6.45, 7) is 1.49. The summed E-state index contributed by atoms with van der Waals surface area (Å²) in [6.07, 6.45) is 14.5. The van der Waals surface area contributed by atoms with Crippen LogP contribution < -0.4 is 9.47 Å². The van der Waals surface area contributed by atoms with E-state index < -0.39 is 0 Å². The molecule has 250 valence electrons. The molecule has 3 aromatic heterocycles. The molecule has 0 spiro atoms. The summed E-state index contributed by atoms with van der Waals surface area (Å²) < 4.78 is 12.0. The topological polar surface area (TPSA) is 96.7 Å². The summed E-state index contributed by atoms with van der Waals surface area (Å²) in [5.41, 5.74) is 7.57. The maximum atomic E-state index is 8.97. The number of rotatable bonds is 16. The van der Waals surface area contributed by atoms with E-state index in [4.69, 9.17) is 19.7 Å². The largest absolute Gasteiger partial charge is 0.494 e. The molecule has 0 radical (unpaired) electrons. The molecule has 7 aromatic rings. The van der Waals surface area contributed by atoms with Crippen LogP contribution in [-0.4, -0.2) is 33.1 Å². The van der Waals surface area contributed by atoms with E-state index in [1.807, 2.05) is 66.9 Å². The predicted molar refractivity (Wildman–Crippen MR) is 201 cm³/mol. The first-order valence-corrected chi connectivity index (χ1v) is 17.7. The Morgan fingerprint density at radius 2 is 1.00 bits per heavy atom. The number of nitriles is 1. The molecule has 0 aliphatic heterocycles. The SMILES string of the molecule is N#Cc1ccc(-c2ccc(OCCCCCCCCCCCOc3ccc(-c4nc5c6cccnc6c6ncccc6c5[nH]4)cc3)cc2)cc1. The first-order chi connectivity index (χ1) is 24.8. The number of hydrogen-bond acceptors (Lipinski definition) is 6. The third-order valence-electron chi connectivity index (χ3n) is 9.22. The number of fused-ring (bicyclic) bond motifs is 6. The molecule has 0 atom stereocenters. The first-order valence-electron chi connectivity index (χ1n) is 17.7. The van der Waals surface area contributed by atoms with E-state index in [9.17, 15) is 0 Å². The first kappa shape index (κ1) is 32.8. The monoisotopic (exact) mass is 659 g/mol. The summed E-state index contributed by atoms with van der Waals surface area (Å²) in [5.74, 6) is 2.62. The molecule has 7 rings (SSSR count). The van der Waals surface area contributed by atoms with Gasteiger partial charge in [0, 0.05) is 28.7 Å². The Hall–Kier alpha value is -5.74. The second-order valence-electron chi connectivity index (χ2n) is 12.7. The van der Waals surface area contributed by atoms with Gasteiger partial charge in [0.15, 0.2) is 0 Å². The van der Waals surface area contributed by atoms with Crippen molar-refractivity contribution in [3.8, 4) is 40.1 Å². The van der Waals surface area contributed by atoms with Crippen LogP contribution in [0, 0.1) is 11.3 Å². The van der Waals surface area contributed by atoms with Crippen molar-refractivity contribution >= 4 is 32.8 Å². The lowest BCUT2D eigenvalue weighted by Crippen LogP contribution is -1.97. The van der Waals surface area contributed by atoms with Gasteiger partial charge in [-0.3, -0.25) is 9.97 Å². The molecular weight excluding hydrogens is 619 g/mol. The van der Waals surface area contributed by atoms with E-state index in [1.54, 1.807) is 6.20 Å². The Bertz CT molecular complexity index is 2130. The molecule has 7 heteroatoms. The zero-order valence-corrected chi connectivity index (χ0v) is 28.3. The lowest BCUT2D eigenvalue weighted by atomic mass is 10.0. The van der Waals surface area contributed by atoms with E-state index in [-0.39, 0.29) is 0 Å². The quantitative estimate of drug-likeness (QED) is 0.0819. The molecule has 0 saturated heterocycles. The highest BCUT2D eigenvalue weighted by atomic mass is 16.5. The number of hydrogen-bond donors (Lipinski definition) is 1. The molecule has 7 nitrogen and oxygen atoms in total. The summed E-state index contributed by atoms with van der Waals surface area (Å²) in [5, 5.41) is 11.0. The number of unbranched alkanes of at least 4 members (excludes halogenated alkanes) is 8. The van der Waals surface area contributed by atoms with E-state index in [0.29, 0.717) is 5.56 Å². The Labute approximate surface area is 293 Å². The van der Waals surface area contributed by atoms with Crippen molar-refractivity contribution in [1.82, 2.24) is 19.9 Å². The summed E-state index contributed by atoms with van der Waals surface area (Å²) >= 11 is 0. The number of nitrogens with zero attached hydrogens (tertiary/aromatic N) is 4. The number of H-pyrrole nitrogens is 1. The van der Waals surface area contributed by atoms with Gasteiger partial charge in [0.2, 0.25) is 0 Å². The molecule has 0 saturated carbocycles. The van der Waals surface area contributed by atoms with E-state index in [2.05, 4.69) is 57.4 Å². The average molecular weight is 660 g/mol. The second-order valence-corrected chi connectivity index (χ2v) is 12.7. The number of imidazole rings is 1. The molecule has 3 heterocycles. The summed E-state index contributed by atoms with van der Waals surface area (Å²) in [7, 11) is 0. The van der Waals surface area contributed by atoms with Crippen molar-refractivity contribution in [2.45, 2.75) is 57.8 Å². The molecule has 0 amide bonds. The van der Waals surface area contributed by atoms with Crippen LogP contribution in [-0.2, 0) is 0 Å². The highest BCUT2D eigenvalue weighted by Crippen LogP contribution is 2.33. The lowest BCUT2D eigenvalue weighted by Gasteiger charge is -2.08. The molecule has 0 aliphatic rings. The van der Waals surface area contributed by atoms with Crippen molar-refractivity contribution in [2.24, 2.45) is 0 Å². The number of aromatic amines is 1. The van der Waals surface area contributed by atoms with Gasteiger partial charge in [0.1, 0.15) is 17.3 Å². The standard InChI is InChI=1S/C43H41N5O2/c44-30-31-14-16-32(17-15-31)33-18-22-35(23-19-33)49-28-8-6-4-2-1-3-5-7-9-29-50-36-24-20-34(21-25-36)43-47-41-37-12-10-26-45-39(37)40-38(42(41)48-43)13-11-27-46-40/h10-27H,1-9,28-29H2,(H,47,48). The average Bonchev–Trinajstić information content (AvgIpc) is 3.64. The van der Waals surface area contributed by atoms with Crippen molar-refractivity contribution in [2.75, 3.05) is 13.2 Å². The highest BCUT2D eigenvalue weighted by Gasteiger charge is 2.15. The van der Waals surface area contributed by atoms with Crippen LogP contribution in [0.2, 0.25) is 0 Å². The van der Waals surface area contributed by atoms with E-state index >= 15 is 0 Å². The van der Waals surface area contributed by atoms with Gasteiger partial charge in [0.25, 0.3) is 0 Å². The van der Waals surface area contributed by atoms with Gasteiger partial charge in [-0.15, -0.1) is 0 Å². The Morgan fingerprint density at radius 1 is 0.520 bits per heavy atom. The minimum absolute atomic E-state index is 0.676. The minimum Gasteiger partial charge on any atom is -0.494 e. The van der Waals surface area contributed by atoms with Gasteiger partial charge in [-0.25, -0.2) is 4.98 Å². The zero-order valence-electron chi connectivity index (χ0n) is 28.3. The number of ether oxygens (including phenoxy) is 2. The Balaban J connectivity index is 0.756. The smallest absolute Gasteiger partial charge is 0.138 e. The van der Waals surface area contributed by atoms with E-state index in [1.165, 1.54) is 44.9 Å². The molecule has 50 heavy (non-hydrogen) atoms. The van der Waals surface area contributed by atoms with E-state index in [0.717, 1.165) is 92.9 Å². The van der Waals surface area contributed by atoms with Crippen LogP contribution in [0.15, 0.2) is 109 Å². The van der Waals surface area contributed by atoms with Crippen LogP contribution in [0.5, 0.6) is 11.5 Å². The Morgan fingerprint density at radius 3 is 1.56 bits per heavy atom.